The van der Waals surface area contributed by atoms with E-state index in [-0.39, 0.29) is 6.10 Å². The fourth-order valence-electron chi connectivity index (χ4n) is 2.44. The highest BCUT2D eigenvalue weighted by Crippen LogP contribution is 2.29. The third kappa shape index (κ3) is 3.24. The Morgan fingerprint density at radius 1 is 1.52 bits per heavy atom. The number of aromatic nitrogens is 2. The zero-order valence-corrected chi connectivity index (χ0v) is 13.0. The van der Waals surface area contributed by atoms with E-state index in [1.54, 1.807) is 11.3 Å². The van der Waals surface area contributed by atoms with Gasteiger partial charge >= 0.3 is 0 Å². The monoisotopic (exact) mass is 308 g/mol. The summed E-state index contributed by atoms with van der Waals surface area (Å²) in [6.07, 6.45) is 0.169. The van der Waals surface area contributed by atoms with Crippen LogP contribution in [0.3, 0.4) is 0 Å². The first kappa shape index (κ1) is 14.5. The minimum absolute atomic E-state index is 0.169. The van der Waals surface area contributed by atoms with Crippen molar-refractivity contribution in [3.05, 3.63) is 10.9 Å². The number of hydrogen-bond acceptors (Lipinski definition) is 8. The smallest absolute Gasteiger partial charge is 0.240 e. The normalized spacial score (nSPS) is 19.9. The Balaban J connectivity index is 1.79. The van der Waals surface area contributed by atoms with Crippen molar-refractivity contribution in [3.8, 4) is 0 Å². The second-order valence-corrected chi connectivity index (χ2v) is 6.49. The molecule has 3 heterocycles. The van der Waals surface area contributed by atoms with Crippen LogP contribution in [0.1, 0.15) is 4.88 Å². The Kier molecular flexibility index (Phi) is 4.20. The maximum Gasteiger partial charge on any atom is 0.240 e. The predicted molar refractivity (Wildman–Crippen MR) is 85.7 cm³/mol. The zero-order valence-electron chi connectivity index (χ0n) is 12.2. The predicted octanol–water partition coefficient (Wildman–Crippen LogP) is 1.03. The maximum absolute atomic E-state index is 5.76. The van der Waals surface area contributed by atoms with Gasteiger partial charge in [0.1, 0.15) is 10.6 Å². The Bertz CT molecular complexity index is 630. The second kappa shape index (κ2) is 6.10. The Morgan fingerprint density at radius 3 is 3.14 bits per heavy atom. The number of morpholine rings is 1. The van der Waals surface area contributed by atoms with Gasteiger partial charge in [-0.2, -0.15) is 4.98 Å². The van der Waals surface area contributed by atoms with Crippen molar-refractivity contribution < 1.29 is 4.74 Å². The molecule has 1 aliphatic rings. The number of nitrogens with one attached hydrogen (secondary N) is 2. The van der Waals surface area contributed by atoms with Gasteiger partial charge in [-0.05, 0) is 20.0 Å². The molecule has 4 N–H and O–H groups in total. The van der Waals surface area contributed by atoms with Gasteiger partial charge in [-0.25, -0.2) is 10.8 Å². The van der Waals surface area contributed by atoms with Crippen LogP contribution in [0.4, 0.5) is 11.8 Å². The van der Waals surface area contributed by atoms with E-state index >= 15 is 0 Å². The van der Waals surface area contributed by atoms with Gasteiger partial charge in [0.25, 0.3) is 0 Å². The summed E-state index contributed by atoms with van der Waals surface area (Å²) in [5, 5.41) is 4.40. The number of fused-ring (bicyclic) bond motifs is 1. The fraction of sp³-hybridized carbons (Fsp3) is 0.538. The van der Waals surface area contributed by atoms with Crippen LogP contribution < -0.4 is 16.6 Å². The third-order valence-electron chi connectivity index (χ3n) is 3.48. The molecule has 0 aromatic carbocycles. The van der Waals surface area contributed by atoms with Gasteiger partial charge in [0.15, 0.2) is 0 Å². The molecule has 1 saturated heterocycles. The first-order valence-electron chi connectivity index (χ1n) is 6.94. The van der Waals surface area contributed by atoms with E-state index in [1.807, 2.05) is 0 Å². The number of nitrogen functional groups attached to an aromatic ring is 1. The van der Waals surface area contributed by atoms with Gasteiger partial charge in [-0.15, -0.1) is 11.3 Å². The third-order valence-corrected chi connectivity index (χ3v) is 4.43. The number of hydrogen-bond donors (Lipinski definition) is 3. The van der Waals surface area contributed by atoms with Crippen molar-refractivity contribution >= 4 is 33.3 Å². The van der Waals surface area contributed by atoms with Gasteiger partial charge in [-0.1, -0.05) is 0 Å². The van der Waals surface area contributed by atoms with E-state index in [9.17, 15) is 0 Å². The molecule has 0 amide bonds. The molecule has 0 radical (unpaired) electrons. The van der Waals surface area contributed by atoms with Gasteiger partial charge in [0.2, 0.25) is 5.95 Å². The molecule has 1 atom stereocenters. The molecule has 3 rings (SSSR count). The number of anilines is 2. The highest BCUT2D eigenvalue weighted by atomic mass is 32.1. The van der Waals surface area contributed by atoms with Gasteiger partial charge in [-0.3, -0.25) is 5.43 Å². The standard InChI is InChI=1S/C13H20N6OS/c1-8-5-10-11(16-13(18-14)17-12(10)21-8)15-6-9-7-19(2)3-4-20-9/h5,9H,3-4,6-7,14H2,1-2H3,(H2,15,16,17,18). The number of likely N-dealkylation sites (N-methyl/N-ethyl adjacent to an activating group) is 1. The molecule has 1 fully saturated rings. The zero-order chi connectivity index (χ0) is 14.8. The second-order valence-electron chi connectivity index (χ2n) is 5.25. The van der Waals surface area contributed by atoms with Crippen molar-refractivity contribution in [1.29, 1.82) is 0 Å². The molecule has 0 aliphatic carbocycles. The fourth-order valence-corrected chi connectivity index (χ4v) is 3.32. The molecule has 0 spiro atoms. The molecule has 114 valence electrons. The van der Waals surface area contributed by atoms with E-state index in [2.05, 4.69) is 45.6 Å². The van der Waals surface area contributed by atoms with Crippen molar-refractivity contribution in [2.45, 2.75) is 13.0 Å². The summed E-state index contributed by atoms with van der Waals surface area (Å²) >= 11 is 1.63. The molecule has 8 heteroatoms. The average Bonchev–Trinajstić information content (AvgIpc) is 2.85. The molecule has 2 aromatic heterocycles. The summed E-state index contributed by atoms with van der Waals surface area (Å²) < 4.78 is 5.76. The lowest BCUT2D eigenvalue weighted by Gasteiger charge is -2.30. The minimum atomic E-state index is 0.169. The van der Waals surface area contributed by atoms with E-state index < -0.39 is 0 Å². The maximum atomic E-state index is 5.76. The van der Waals surface area contributed by atoms with Crippen LogP contribution in [0.5, 0.6) is 0 Å². The highest BCUT2D eigenvalue weighted by Gasteiger charge is 2.18. The van der Waals surface area contributed by atoms with E-state index in [0.717, 1.165) is 42.3 Å². The van der Waals surface area contributed by atoms with E-state index in [0.29, 0.717) is 5.95 Å². The van der Waals surface area contributed by atoms with Crippen LogP contribution in [0.15, 0.2) is 6.07 Å². The molecule has 0 bridgehead atoms. The summed E-state index contributed by atoms with van der Waals surface area (Å²) in [5.41, 5.74) is 2.52. The number of thiophene rings is 1. The van der Waals surface area contributed by atoms with Gasteiger partial charge in [0.05, 0.1) is 18.1 Å². The number of aryl methyl sites for hydroxylation is 1. The van der Waals surface area contributed by atoms with Gasteiger partial charge in [0, 0.05) is 24.5 Å². The number of ether oxygens (including phenoxy) is 1. The quantitative estimate of drug-likeness (QED) is 0.574. The lowest BCUT2D eigenvalue weighted by atomic mass is 10.2. The van der Waals surface area contributed by atoms with Crippen molar-refractivity contribution in [2.75, 3.05) is 44.0 Å². The summed E-state index contributed by atoms with van der Waals surface area (Å²) in [4.78, 5) is 13.2. The summed E-state index contributed by atoms with van der Waals surface area (Å²) in [6.45, 7) is 5.46. The average molecular weight is 308 g/mol. The van der Waals surface area contributed by atoms with E-state index in [4.69, 9.17) is 10.6 Å². The van der Waals surface area contributed by atoms with Crippen LogP contribution in [-0.2, 0) is 4.74 Å². The van der Waals surface area contributed by atoms with E-state index in [1.165, 1.54) is 4.88 Å². The highest BCUT2D eigenvalue weighted by molar-refractivity contribution is 7.18. The Morgan fingerprint density at radius 2 is 2.38 bits per heavy atom. The topological polar surface area (TPSA) is 88.3 Å². The molecular formula is C13H20N6OS. The molecule has 2 aromatic rings. The van der Waals surface area contributed by atoms with Crippen molar-refractivity contribution in [2.24, 2.45) is 5.84 Å². The SMILES string of the molecule is Cc1cc2c(NCC3CN(C)CCO3)nc(NN)nc2s1. The molecule has 1 unspecified atom stereocenters. The molecular weight excluding hydrogens is 288 g/mol. The van der Waals surface area contributed by atoms with Crippen LogP contribution in [-0.4, -0.2) is 54.3 Å². The van der Waals surface area contributed by atoms with Crippen LogP contribution in [0.2, 0.25) is 0 Å². The molecule has 7 nitrogen and oxygen atoms in total. The number of nitrogens with zero attached hydrogens (tertiary/aromatic N) is 3. The lowest BCUT2D eigenvalue weighted by Crippen LogP contribution is -2.43. The van der Waals surface area contributed by atoms with Gasteiger partial charge < -0.3 is 15.0 Å². The first-order chi connectivity index (χ1) is 10.2. The Hall–Kier alpha value is -1.48. The lowest BCUT2D eigenvalue weighted by molar-refractivity contribution is -0.0117. The summed E-state index contributed by atoms with van der Waals surface area (Å²) in [5.74, 6) is 6.67. The van der Waals surface area contributed by atoms with Crippen molar-refractivity contribution in [3.63, 3.8) is 0 Å². The van der Waals surface area contributed by atoms with Crippen molar-refractivity contribution in [1.82, 2.24) is 14.9 Å². The first-order valence-corrected chi connectivity index (χ1v) is 7.76. The molecule has 21 heavy (non-hydrogen) atoms. The molecule has 0 saturated carbocycles. The number of hydrazine groups is 1. The molecule has 1 aliphatic heterocycles. The largest absolute Gasteiger partial charge is 0.374 e. The van der Waals surface area contributed by atoms with Crippen LogP contribution >= 0.6 is 11.3 Å². The minimum Gasteiger partial charge on any atom is -0.374 e. The van der Waals surface area contributed by atoms with Crippen LogP contribution in [0.25, 0.3) is 10.2 Å². The summed E-state index contributed by atoms with van der Waals surface area (Å²) in [6, 6.07) is 2.09. The number of rotatable bonds is 4. The number of nitrogens with two attached hydrogens (primary N) is 1. The summed E-state index contributed by atoms with van der Waals surface area (Å²) in [7, 11) is 2.11. The van der Waals surface area contributed by atoms with Crippen LogP contribution in [0, 0.1) is 6.92 Å². The Labute approximate surface area is 127 Å².